The number of carbonyl (C=O) groups is 1. The molecule has 1 unspecified atom stereocenters. The Labute approximate surface area is 114 Å². The average molecular weight is 258 g/mol. The molecule has 3 rings (SSSR count). The van der Waals surface area contributed by atoms with E-state index in [1.807, 2.05) is 0 Å². The largest absolute Gasteiger partial charge is 0.481 e. The van der Waals surface area contributed by atoms with Gasteiger partial charge in [0.1, 0.15) is 0 Å². The van der Waals surface area contributed by atoms with Crippen molar-refractivity contribution in [2.45, 2.75) is 57.3 Å². The van der Waals surface area contributed by atoms with Gasteiger partial charge in [-0.3, -0.25) is 4.79 Å². The maximum atomic E-state index is 11.7. The summed E-state index contributed by atoms with van der Waals surface area (Å²) in [5.74, 6) is -0.767. The van der Waals surface area contributed by atoms with E-state index in [1.54, 1.807) is 0 Å². The Bertz CT molecular complexity index is 498. The number of hydrogen-bond acceptors (Lipinski definition) is 1. The van der Waals surface area contributed by atoms with Crippen molar-refractivity contribution in [3.8, 4) is 0 Å². The predicted octanol–water partition coefficient (Wildman–Crippen LogP) is 3.84. The van der Waals surface area contributed by atoms with Gasteiger partial charge in [0.2, 0.25) is 0 Å². The zero-order chi connectivity index (χ0) is 13.5. The second kappa shape index (κ2) is 4.66. The van der Waals surface area contributed by atoms with Crippen molar-refractivity contribution in [1.29, 1.82) is 0 Å². The van der Waals surface area contributed by atoms with Gasteiger partial charge in [-0.15, -0.1) is 0 Å². The number of benzene rings is 1. The summed E-state index contributed by atoms with van der Waals surface area (Å²) in [7, 11) is 0. The highest BCUT2D eigenvalue weighted by molar-refractivity contribution is 5.73. The summed E-state index contributed by atoms with van der Waals surface area (Å²) in [6.45, 7) is 2.12. The number of fused-ring (bicyclic) bond motifs is 2. The van der Waals surface area contributed by atoms with Gasteiger partial charge in [0.25, 0.3) is 0 Å². The molecule has 1 aromatic carbocycles. The van der Waals surface area contributed by atoms with Crippen LogP contribution in [0.15, 0.2) is 18.2 Å². The van der Waals surface area contributed by atoms with Crippen molar-refractivity contribution in [2.75, 3.05) is 0 Å². The second-order valence-corrected chi connectivity index (χ2v) is 6.31. The molecule has 0 amide bonds. The van der Waals surface area contributed by atoms with Gasteiger partial charge < -0.3 is 5.11 Å². The van der Waals surface area contributed by atoms with Crippen molar-refractivity contribution in [3.05, 3.63) is 34.9 Å². The third kappa shape index (κ3) is 1.98. The van der Waals surface area contributed by atoms with Crippen LogP contribution in [0.25, 0.3) is 0 Å². The van der Waals surface area contributed by atoms with Gasteiger partial charge in [0.05, 0.1) is 5.92 Å². The first-order chi connectivity index (χ1) is 9.13. The summed E-state index contributed by atoms with van der Waals surface area (Å²) < 4.78 is 0. The van der Waals surface area contributed by atoms with Crippen molar-refractivity contribution >= 4 is 5.97 Å². The van der Waals surface area contributed by atoms with Crippen LogP contribution in [0.3, 0.4) is 0 Å². The molecule has 2 aliphatic carbocycles. The third-order valence-electron chi connectivity index (χ3n) is 5.21. The van der Waals surface area contributed by atoms with Crippen LogP contribution in [-0.4, -0.2) is 11.1 Å². The summed E-state index contributed by atoms with van der Waals surface area (Å²) in [4.78, 5) is 11.7. The number of aliphatic carboxylic acids is 1. The molecule has 1 fully saturated rings. The van der Waals surface area contributed by atoms with Crippen LogP contribution in [0.4, 0.5) is 0 Å². The molecule has 0 heterocycles. The van der Waals surface area contributed by atoms with Gasteiger partial charge in [-0.2, -0.15) is 0 Å². The highest BCUT2D eigenvalue weighted by Gasteiger charge is 2.47. The normalized spacial score (nSPS) is 25.0. The standard InChI is InChI=1S/C17H22O2/c1-12-5-7-14-13(11-12)6-8-15(16(18)19)17(14)9-3-2-4-10-17/h5,7,11,15H,2-4,6,8-10H2,1H3,(H,18,19). The first-order valence-corrected chi connectivity index (χ1v) is 7.46. The molecule has 1 saturated carbocycles. The fourth-order valence-electron chi connectivity index (χ4n) is 4.34. The molecule has 0 bridgehead atoms. The molecule has 1 N–H and O–H groups in total. The lowest BCUT2D eigenvalue weighted by Crippen LogP contribution is -2.45. The molecule has 102 valence electrons. The summed E-state index contributed by atoms with van der Waals surface area (Å²) in [6, 6.07) is 6.63. The molecule has 1 atom stereocenters. The van der Waals surface area contributed by atoms with Crippen molar-refractivity contribution < 1.29 is 9.90 Å². The van der Waals surface area contributed by atoms with E-state index < -0.39 is 5.97 Å². The average Bonchev–Trinajstić information content (AvgIpc) is 2.39. The number of aryl methyl sites for hydroxylation is 2. The second-order valence-electron chi connectivity index (χ2n) is 6.31. The molecule has 2 nitrogen and oxygen atoms in total. The van der Waals surface area contributed by atoms with Crippen molar-refractivity contribution in [1.82, 2.24) is 0 Å². The lowest BCUT2D eigenvalue weighted by molar-refractivity contribution is -0.145. The van der Waals surface area contributed by atoms with E-state index in [0.29, 0.717) is 0 Å². The van der Waals surface area contributed by atoms with E-state index in [9.17, 15) is 9.90 Å². The fraction of sp³-hybridized carbons (Fsp3) is 0.588. The Morgan fingerprint density at radius 2 is 2.00 bits per heavy atom. The minimum absolute atomic E-state index is 0.0780. The Morgan fingerprint density at radius 1 is 1.26 bits per heavy atom. The minimum Gasteiger partial charge on any atom is -0.481 e. The zero-order valence-corrected chi connectivity index (χ0v) is 11.6. The van der Waals surface area contributed by atoms with Crippen LogP contribution in [-0.2, 0) is 16.6 Å². The molecule has 0 aromatic heterocycles. The Hall–Kier alpha value is -1.31. The van der Waals surface area contributed by atoms with Gasteiger partial charge in [-0.05, 0) is 43.7 Å². The summed E-state index contributed by atoms with van der Waals surface area (Å²) in [6.07, 6.45) is 7.46. The van der Waals surface area contributed by atoms with Gasteiger partial charge in [0, 0.05) is 5.41 Å². The zero-order valence-electron chi connectivity index (χ0n) is 11.6. The maximum Gasteiger partial charge on any atom is 0.307 e. The third-order valence-corrected chi connectivity index (χ3v) is 5.21. The lowest BCUT2D eigenvalue weighted by Gasteiger charge is -2.46. The van der Waals surface area contributed by atoms with Gasteiger partial charge >= 0.3 is 5.97 Å². The Kier molecular flexibility index (Phi) is 3.12. The van der Waals surface area contributed by atoms with E-state index in [2.05, 4.69) is 25.1 Å². The van der Waals surface area contributed by atoms with E-state index in [-0.39, 0.29) is 11.3 Å². The van der Waals surface area contributed by atoms with E-state index in [0.717, 1.165) is 25.7 Å². The van der Waals surface area contributed by atoms with E-state index >= 15 is 0 Å². The SMILES string of the molecule is Cc1ccc2c(c1)CCC(C(=O)O)C21CCCCC1. The van der Waals surface area contributed by atoms with E-state index in [4.69, 9.17) is 0 Å². The summed E-state index contributed by atoms with van der Waals surface area (Å²) in [5.41, 5.74) is 3.96. The molecule has 0 radical (unpaired) electrons. The smallest absolute Gasteiger partial charge is 0.307 e. The maximum absolute atomic E-state index is 11.7. The molecule has 2 aliphatic rings. The van der Waals surface area contributed by atoms with Crippen LogP contribution in [0.1, 0.15) is 55.2 Å². The Balaban J connectivity index is 2.12. The van der Waals surface area contributed by atoms with Gasteiger partial charge in [0.15, 0.2) is 0 Å². The quantitative estimate of drug-likeness (QED) is 0.831. The first kappa shape index (κ1) is 12.7. The fourth-order valence-corrected chi connectivity index (χ4v) is 4.34. The minimum atomic E-state index is -0.590. The monoisotopic (exact) mass is 258 g/mol. The predicted molar refractivity (Wildman–Crippen MR) is 75.4 cm³/mol. The molecular weight excluding hydrogens is 236 g/mol. The lowest BCUT2D eigenvalue weighted by atomic mass is 9.57. The highest BCUT2D eigenvalue weighted by atomic mass is 16.4. The Morgan fingerprint density at radius 3 is 2.68 bits per heavy atom. The number of carboxylic acid groups (broad SMARTS) is 1. The van der Waals surface area contributed by atoms with Crippen LogP contribution >= 0.6 is 0 Å². The van der Waals surface area contributed by atoms with Crippen molar-refractivity contribution in [2.24, 2.45) is 5.92 Å². The van der Waals surface area contributed by atoms with Crippen LogP contribution < -0.4 is 0 Å². The van der Waals surface area contributed by atoms with Crippen LogP contribution in [0.2, 0.25) is 0 Å². The van der Waals surface area contributed by atoms with Crippen LogP contribution in [0, 0.1) is 12.8 Å². The summed E-state index contributed by atoms with van der Waals surface area (Å²) in [5, 5.41) is 9.64. The van der Waals surface area contributed by atoms with E-state index in [1.165, 1.54) is 36.0 Å². The first-order valence-electron chi connectivity index (χ1n) is 7.46. The highest BCUT2D eigenvalue weighted by Crippen LogP contribution is 2.50. The van der Waals surface area contributed by atoms with Crippen molar-refractivity contribution in [3.63, 3.8) is 0 Å². The van der Waals surface area contributed by atoms with Gasteiger partial charge in [-0.1, -0.05) is 43.0 Å². The van der Waals surface area contributed by atoms with Crippen LogP contribution in [0.5, 0.6) is 0 Å². The molecule has 1 spiro atoms. The molecule has 19 heavy (non-hydrogen) atoms. The number of carboxylic acids is 1. The molecule has 2 heteroatoms. The topological polar surface area (TPSA) is 37.3 Å². The molecule has 0 saturated heterocycles. The number of hydrogen-bond donors (Lipinski definition) is 1. The molecular formula is C17H22O2. The molecule has 1 aromatic rings. The number of rotatable bonds is 1. The van der Waals surface area contributed by atoms with Gasteiger partial charge in [-0.25, -0.2) is 0 Å². The summed E-state index contributed by atoms with van der Waals surface area (Å²) >= 11 is 0. The molecule has 0 aliphatic heterocycles.